The molecule has 0 aliphatic carbocycles. The summed E-state index contributed by atoms with van der Waals surface area (Å²) in [5.41, 5.74) is 2.55. The topological polar surface area (TPSA) is 78.9 Å². The number of rotatable bonds is 8. The first kappa shape index (κ1) is 29.9. The van der Waals surface area contributed by atoms with E-state index in [-0.39, 0.29) is 11.4 Å². The molecule has 0 fully saturated rings. The summed E-state index contributed by atoms with van der Waals surface area (Å²) < 4.78 is 22.2. The second-order valence-electron chi connectivity index (χ2n) is 9.39. The van der Waals surface area contributed by atoms with Crippen LogP contribution in [-0.4, -0.2) is 22.5 Å². The van der Waals surface area contributed by atoms with Crippen LogP contribution in [0.4, 0.5) is 0 Å². The van der Waals surface area contributed by atoms with Crippen LogP contribution in [-0.2, 0) is 6.61 Å². The average molecular weight is 834 g/mol. The fraction of sp³-hybridized carbons (Fsp3) is 0.0938. The quantitative estimate of drug-likeness (QED) is 0.113. The number of furan rings is 1. The van der Waals surface area contributed by atoms with Gasteiger partial charge >= 0.3 is 0 Å². The average Bonchev–Trinajstić information content (AvgIpc) is 3.40. The molecule has 4 aromatic carbocycles. The summed E-state index contributed by atoms with van der Waals surface area (Å²) in [6, 6.07) is 24.0. The lowest BCUT2D eigenvalue weighted by atomic mass is 10.2. The molecule has 0 saturated carbocycles. The molecule has 0 N–H and O–H groups in total. The van der Waals surface area contributed by atoms with E-state index < -0.39 is 0 Å². The standard InChI is InChI=1S/C32H21Br2ClIN3O4/c1-2-41-28-12-18(11-25(36)30(28)42-17-19-7-8-21(33)15-24(19)34)16-37-39-31(38-26-6-4-3-5-23(26)32(39)40)29-14-20-13-22(35)9-10-27(20)43-29/h3-16H,2,17H2,1H3. The van der Waals surface area contributed by atoms with Crippen molar-refractivity contribution in [2.75, 3.05) is 6.61 Å². The van der Waals surface area contributed by atoms with Gasteiger partial charge in [0.05, 0.1) is 27.3 Å². The highest BCUT2D eigenvalue weighted by molar-refractivity contribution is 14.1. The van der Waals surface area contributed by atoms with Gasteiger partial charge in [0.1, 0.15) is 12.2 Å². The Kier molecular flexibility index (Phi) is 8.90. The molecule has 6 aromatic rings. The number of hydrogen-bond acceptors (Lipinski definition) is 6. The molecule has 0 aliphatic rings. The highest BCUT2D eigenvalue weighted by Crippen LogP contribution is 2.35. The smallest absolute Gasteiger partial charge is 0.282 e. The molecule has 43 heavy (non-hydrogen) atoms. The Morgan fingerprint density at radius 2 is 1.88 bits per heavy atom. The molecule has 7 nitrogen and oxygen atoms in total. The van der Waals surface area contributed by atoms with E-state index in [0.29, 0.717) is 57.5 Å². The maximum absolute atomic E-state index is 13.7. The minimum absolute atomic E-state index is 0.270. The monoisotopic (exact) mass is 831 g/mol. The second kappa shape index (κ2) is 12.8. The largest absolute Gasteiger partial charge is 0.490 e. The first-order valence-corrected chi connectivity index (χ1v) is 16.1. The zero-order valence-electron chi connectivity index (χ0n) is 22.5. The van der Waals surface area contributed by atoms with E-state index in [9.17, 15) is 4.79 Å². The van der Waals surface area contributed by atoms with E-state index in [1.54, 1.807) is 48.7 Å². The molecule has 11 heteroatoms. The fourth-order valence-electron chi connectivity index (χ4n) is 4.49. The lowest BCUT2D eigenvalue weighted by Crippen LogP contribution is -2.20. The normalized spacial score (nSPS) is 11.6. The Hall–Kier alpha value is -3.19. The van der Waals surface area contributed by atoms with Crippen LogP contribution in [0.2, 0.25) is 5.02 Å². The molecule has 0 amide bonds. The number of aromatic nitrogens is 2. The molecular formula is C32H21Br2ClIN3O4. The number of ether oxygens (including phenoxy) is 2. The van der Waals surface area contributed by atoms with Crippen LogP contribution in [0, 0.1) is 3.57 Å². The Morgan fingerprint density at radius 3 is 2.70 bits per heavy atom. The van der Waals surface area contributed by atoms with E-state index in [0.717, 1.165) is 23.5 Å². The van der Waals surface area contributed by atoms with Crippen LogP contribution in [0.25, 0.3) is 33.5 Å². The van der Waals surface area contributed by atoms with E-state index in [2.05, 4.69) is 59.6 Å². The Labute approximate surface area is 281 Å². The molecule has 0 spiro atoms. The van der Waals surface area contributed by atoms with Gasteiger partial charge in [-0.25, -0.2) is 4.98 Å². The molecule has 2 heterocycles. The van der Waals surface area contributed by atoms with Crippen molar-refractivity contribution in [3.05, 3.63) is 118 Å². The van der Waals surface area contributed by atoms with Gasteiger partial charge in [0.25, 0.3) is 5.56 Å². The number of hydrogen-bond donors (Lipinski definition) is 0. The highest BCUT2D eigenvalue weighted by Gasteiger charge is 2.18. The van der Waals surface area contributed by atoms with Crippen molar-refractivity contribution in [1.29, 1.82) is 0 Å². The van der Waals surface area contributed by atoms with Crippen LogP contribution in [0.15, 0.2) is 102 Å². The lowest BCUT2D eigenvalue weighted by Gasteiger charge is -2.15. The molecule has 0 unspecified atom stereocenters. The molecule has 0 saturated heterocycles. The van der Waals surface area contributed by atoms with Gasteiger partial charge in [-0.05, 0) is 95.7 Å². The van der Waals surface area contributed by atoms with Gasteiger partial charge in [-0.15, -0.1) is 0 Å². The van der Waals surface area contributed by atoms with E-state index in [1.807, 2.05) is 43.3 Å². The van der Waals surface area contributed by atoms with Crippen LogP contribution in [0.1, 0.15) is 18.1 Å². The molecular weight excluding hydrogens is 813 g/mol. The third kappa shape index (κ3) is 6.38. The zero-order chi connectivity index (χ0) is 30.1. The molecule has 0 bridgehead atoms. The van der Waals surface area contributed by atoms with Crippen LogP contribution in [0.5, 0.6) is 11.5 Å². The summed E-state index contributed by atoms with van der Waals surface area (Å²) in [6.07, 6.45) is 1.60. The van der Waals surface area contributed by atoms with Crippen molar-refractivity contribution in [1.82, 2.24) is 9.66 Å². The van der Waals surface area contributed by atoms with Crippen molar-refractivity contribution >= 4 is 94.1 Å². The van der Waals surface area contributed by atoms with E-state index in [1.165, 1.54) is 4.68 Å². The molecule has 0 radical (unpaired) electrons. The number of para-hydroxylation sites is 1. The summed E-state index contributed by atoms with van der Waals surface area (Å²) in [5, 5.41) is 6.41. The number of halogens is 4. The summed E-state index contributed by atoms with van der Waals surface area (Å²) >= 11 is 15.5. The third-order valence-corrected chi connectivity index (χ3v) is 8.76. The van der Waals surface area contributed by atoms with Crippen molar-refractivity contribution < 1.29 is 13.9 Å². The van der Waals surface area contributed by atoms with Gasteiger partial charge in [-0.1, -0.05) is 61.7 Å². The Balaban J connectivity index is 1.40. The van der Waals surface area contributed by atoms with E-state index in [4.69, 9.17) is 30.5 Å². The highest BCUT2D eigenvalue weighted by atomic mass is 127. The van der Waals surface area contributed by atoms with Crippen LogP contribution >= 0.6 is 66.1 Å². The molecule has 6 rings (SSSR count). The van der Waals surface area contributed by atoms with E-state index >= 15 is 0 Å². The summed E-state index contributed by atoms with van der Waals surface area (Å²) in [4.78, 5) is 18.4. The van der Waals surface area contributed by atoms with Crippen molar-refractivity contribution in [3.8, 4) is 23.1 Å². The van der Waals surface area contributed by atoms with Gasteiger partial charge in [-0.2, -0.15) is 9.78 Å². The molecule has 0 aliphatic heterocycles. The number of nitrogens with zero attached hydrogens (tertiary/aromatic N) is 3. The Bertz CT molecular complexity index is 2090. The summed E-state index contributed by atoms with van der Waals surface area (Å²) in [6.45, 7) is 2.71. The predicted octanol–water partition coefficient (Wildman–Crippen LogP) is 9.45. The number of fused-ring (bicyclic) bond motifs is 2. The zero-order valence-corrected chi connectivity index (χ0v) is 28.6. The molecule has 216 valence electrons. The minimum Gasteiger partial charge on any atom is -0.490 e. The SMILES string of the molecule is CCOc1cc(C=Nn2c(-c3cc4cc(Cl)ccc4o3)nc3ccccc3c2=O)cc(I)c1OCc1ccc(Br)cc1Br. The molecule has 2 aromatic heterocycles. The number of benzene rings is 4. The maximum atomic E-state index is 13.7. The lowest BCUT2D eigenvalue weighted by molar-refractivity contribution is 0.267. The Morgan fingerprint density at radius 1 is 1.05 bits per heavy atom. The first-order chi connectivity index (χ1) is 20.8. The van der Waals surface area contributed by atoms with Gasteiger partial charge < -0.3 is 13.9 Å². The molecule has 0 atom stereocenters. The minimum atomic E-state index is -0.324. The van der Waals surface area contributed by atoms with Gasteiger partial charge in [-0.3, -0.25) is 4.79 Å². The fourth-order valence-corrected chi connectivity index (χ4v) is 6.62. The van der Waals surface area contributed by atoms with Gasteiger partial charge in [0.2, 0.25) is 5.82 Å². The third-order valence-electron chi connectivity index (χ3n) is 6.49. The van der Waals surface area contributed by atoms with Gasteiger partial charge in [0.15, 0.2) is 17.3 Å². The maximum Gasteiger partial charge on any atom is 0.282 e. The van der Waals surface area contributed by atoms with Crippen LogP contribution in [0.3, 0.4) is 0 Å². The van der Waals surface area contributed by atoms with Crippen LogP contribution < -0.4 is 15.0 Å². The predicted molar refractivity (Wildman–Crippen MR) is 186 cm³/mol. The summed E-state index contributed by atoms with van der Waals surface area (Å²) in [5.74, 6) is 1.86. The van der Waals surface area contributed by atoms with Crippen molar-refractivity contribution in [2.45, 2.75) is 13.5 Å². The summed E-state index contributed by atoms with van der Waals surface area (Å²) in [7, 11) is 0. The van der Waals surface area contributed by atoms with Gasteiger partial charge in [0, 0.05) is 24.9 Å². The second-order valence-corrected chi connectivity index (χ2v) is 12.8. The van der Waals surface area contributed by atoms with Crippen molar-refractivity contribution in [2.24, 2.45) is 5.10 Å². The first-order valence-electron chi connectivity index (χ1n) is 13.1. The van der Waals surface area contributed by atoms with Crippen molar-refractivity contribution in [3.63, 3.8) is 0 Å².